The van der Waals surface area contributed by atoms with E-state index in [4.69, 9.17) is 4.98 Å². The largest absolute Gasteiger partial charge is 0.304 e. The number of pyridine rings is 1. The fourth-order valence-corrected chi connectivity index (χ4v) is 4.89. The van der Waals surface area contributed by atoms with Gasteiger partial charge in [0.1, 0.15) is 5.82 Å². The molecular formula is C20H29N5S. The van der Waals surface area contributed by atoms with Crippen molar-refractivity contribution in [1.29, 1.82) is 0 Å². The Balaban J connectivity index is 1.55. The molecule has 140 valence electrons. The molecule has 1 unspecified atom stereocenters. The summed E-state index contributed by atoms with van der Waals surface area (Å²) in [5, 5.41) is 4.35. The van der Waals surface area contributed by atoms with Crippen molar-refractivity contribution in [2.24, 2.45) is 7.05 Å². The SMILES string of the molecule is CCN(C)C1CCC(c2cnc3c(c2)C(c2cnn(C)c2)CN3S)CC1. The van der Waals surface area contributed by atoms with Crippen molar-refractivity contribution >= 4 is 18.6 Å². The van der Waals surface area contributed by atoms with E-state index >= 15 is 0 Å². The molecular weight excluding hydrogens is 342 g/mol. The first-order chi connectivity index (χ1) is 12.6. The van der Waals surface area contributed by atoms with Crippen LogP contribution in [0.3, 0.4) is 0 Å². The Hall–Kier alpha value is -1.53. The average Bonchev–Trinajstić information content (AvgIpc) is 3.24. The molecule has 2 aromatic rings. The molecule has 0 aromatic carbocycles. The molecule has 0 N–H and O–H groups in total. The minimum Gasteiger partial charge on any atom is -0.304 e. The molecule has 1 fully saturated rings. The molecule has 0 amide bonds. The van der Waals surface area contributed by atoms with E-state index in [0.717, 1.165) is 24.9 Å². The van der Waals surface area contributed by atoms with Crippen molar-refractivity contribution in [2.45, 2.75) is 50.5 Å². The van der Waals surface area contributed by atoms with Crippen molar-refractivity contribution in [1.82, 2.24) is 19.7 Å². The second kappa shape index (κ2) is 7.24. The molecule has 1 atom stereocenters. The molecule has 2 aliphatic rings. The standard InChI is InChI=1S/C20H29N5S/c1-4-23(2)17-7-5-14(6-8-17)15-9-18-19(16-11-22-24(3)12-16)13-25(26)20(18)21-10-15/h9-12,14,17,19,26H,4-8,13H2,1-3H3. The number of aryl methyl sites for hydroxylation is 1. The molecule has 0 spiro atoms. The summed E-state index contributed by atoms with van der Waals surface area (Å²) in [5.41, 5.74) is 3.95. The maximum atomic E-state index is 4.78. The second-order valence-corrected chi connectivity index (χ2v) is 8.33. The molecule has 4 rings (SSSR count). The van der Waals surface area contributed by atoms with E-state index in [2.05, 4.69) is 55.2 Å². The van der Waals surface area contributed by atoms with Crippen LogP contribution in [0.15, 0.2) is 24.7 Å². The fourth-order valence-electron chi connectivity index (χ4n) is 4.56. The van der Waals surface area contributed by atoms with Gasteiger partial charge in [-0.15, -0.1) is 0 Å². The number of nitrogens with zero attached hydrogens (tertiary/aromatic N) is 5. The van der Waals surface area contributed by atoms with Gasteiger partial charge in [0.05, 0.1) is 6.20 Å². The van der Waals surface area contributed by atoms with Gasteiger partial charge in [-0.1, -0.05) is 19.7 Å². The van der Waals surface area contributed by atoms with Crippen LogP contribution in [0.25, 0.3) is 0 Å². The van der Waals surface area contributed by atoms with Crippen LogP contribution in [-0.4, -0.2) is 45.8 Å². The van der Waals surface area contributed by atoms with Crippen LogP contribution in [0.1, 0.15) is 61.1 Å². The molecule has 1 saturated carbocycles. The second-order valence-electron chi connectivity index (χ2n) is 7.84. The maximum Gasteiger partial charge on any atom is 0.142 e. The lowest BCUT2D eigenvalue weighted by atomic mass is 9.81. The van der Waals surface area contributed by atoms with Crippen molar-refractivity contribution in [3.05, 3.63) is 41.3 Å². The number of thiol groups is 1. The fraction of sp³-hybridized carbons (Fsp3) is 0.600. The third kappa shape index (κ3) is 3.25. The summed E-state index contributed by atoms with van der Waals surface area (Å²) >= 11 is 4.63. The number of aromatic nitrogens is 3. The number of fused-ring (bicyclic) bond motifs is 1. The number of rotatable bonds is 4. The van der Waals surface area contributed by atoms with Crippen molar-refractivity contribution in [3.8, 4) is 0 Å². The Kier molecular flexibility index (Phi) is 4.97. The number of hydrogen-bond donors (Lipinski definition) is 1. The summed E-state index contributed by atoms with van der Waals surface area (Å²) in [6.07, 6.45) is 11.3. The molecule has 0 saturated heterocycles. The van der Waals surface area contributed by atoms with Crippen molar-refractivity contribution in [3.63, 3.8) is 0 Å². The van der Waals surface area contributed by atoms with Gasteiger partial charge in [-0.3, -0.25) is 4.68 Å². The predicted octanol–water partition coefficient (Wildman–Crippen LogP) is 3.59. The Labute approximate surface area is 161 Å². The summed E-state index contributed by atoms with van der Waals surface area (Å²) in [5.74, 6) is 1.95. The van der Waals surface area contributed by atoms with E-state index < -0.39 is 0 Å². The highest BCUT2D eigenvalue weighted by Crippen LogP contribution is 2.42. The Morgan fingerprint density at radius 2 is 1.96 bits per heavy atom. The van der Waals surface area contributed by atoms with E-state index in [-0.39, 0.29) is 0 Å². The van der Waals surface area contributed by atoms with Gasteiger partial charge in [-0.25, -0.2) is 4.98 Å². The van der Waals surface area contributed by atoms with Gasteiger partial charge in [0.25, 0.3) is 0 Å². The minimum absolute atomic E-state index is 0.311. The highest BCUT2D eigenvalue weighted by molar-refractivity contribution is 7.81. The Bertz CT molecular complexity index is 765. The van der Waals surface area contributed by atoms with E-state index in [9.17, 15) is 0 Å². The highest BCUT2D eigenvalue weighted by atomic mass is 32.1. The first kappa shape index (κ1) is 17.9. The van der Waals surface area contributed by atoms with E-state index in [1.54, 1.807) is 0 Å². The van der Waals surface area contributed by atoms with Crippen LogP contribution in [0.2, 0.25) is 0 Å². The average molecular weight is 372 g/mol. The van der Waals surface area contributed by atoms with Crippen LogP contribution >= 0.6 is 12.8 Å². The topological polar surface area (TPSA) is 37.2 Å². The van der Waals surface area contributed by atoms with Gasteiger partial charge in [0.15, 0.2) is 0 Å². The molecule has 3 heterocycles. The van der Waals surface area contributed by atoms with Gasteiger partial charge in [0, 0.05) is 43.5 Å². The lowest BCUT2D eigenvalue weighted by molar-refractivity contribution is 0.190. The van der Waals surface area contributed by atoms with E-state index in [1.807, 2.05) is 22.2 Å². The first-order valence-corrected chi connectivity index (χ1v) is 10.1. The zero-order chi connectivity index (χ0) is 18.3. The molecule has 0 bridgehead atoms. The molecule has 6 heteroatoms. The van der Waals surface area contributed by atoms with Gasteiger partial charge < -0.3 is 9.21 Å². The molecule has 0 radical (unpaired) electrons. The minimum atomic E-state index is 0.311. The van der Waals surface area contributed by atoms with E-state index in [1.165, 1.54) is 42.4 Å². The predicted molar refractivity (Wildman–Crippen MR) is 109 cm³/mol. The van der Waals surface area contributed by atoms with E-state index in [0.29, 0.717) is 11.8 Å². The van der Waals surface area contributed by atoms with Crippen LogP contribution in [0.5, 0.6) is 0 Å². The zero-order valence-electron chi connectivity index (χ0n) is 16.0. The Morgan fingerprint density at radius 3 is 2.62 bits per heavy atom. The quantitative estimate of drug-likeness (QED) is 0.834. The van der Waals surface area contributed by atoms with Crippen LogP contribution in [0.4, 0.5) is 5.82 Å². The van der Waals surface area contributed by atoms with Crippen LogP contribution < -0.4 is 4.31 Å². The summed E-state index contributed by atoms with van der Waals surface area (Å²) in [6, 6.07) is 3.14. The van der Waals surface area contributed by atoms with Crippen LogP contribution in [-0.2, 0) is 7.05 Å². The summed E-state index contributed by atoms with van der Waals surface area (Å²) < 4.78 is 3.85. The highest BCUT2D eigenvalue weighted by Gasteiger charge is 2.32. The molecule has 26 heavy (non-hydrogen) atoms. The summed E-state index contributed by atoms with van der Waals surface area (Å²) in [7, 11) is 4.22. The first-order valence-electron chi connectivity index (χ1n) is 9.71. The number of anilines is 1. The van der Waals surface area contributed by atoms with Crippen LogP contribution in [0, 0.1) is 0 Å². The molecule has 2 aromatic heterocycles. The van der Waals surface area contributed by atoms with Gasteiger partial charge in [0.2, 0.25) is 0 Å². The lowest BCUT2D eigenvalue weighted by Crippen LogP contribution is -2.34. The lowest BCUT2D eigenvalue weighted by Gasteiger charge is -2.34. The smallest absolute Gasteiger partial charge is 0.142 e. The maximum absolute atomic E-state index is 4.78. The van der Waals surface area contributed by atoms with Gasteiger partial charge >= 0.3 is 0 Å². The third-order valence-corrected chi connectivity index (χ3v) is 6.66. The van der Waals surface area contributed by atoms with Gasteiger partial charge in [-0.05, 0) is 62.4 Å². The molecule has 5 nitrogen and oxygen atoms in total. The monoisotopic (exact) mass is 371 g/mol. The van der Waals surface area contributed by atoms with Gasteiger partial charge in [-0.2, -0.15) is 5.10 Å². The normalized spacial score (nSPS) is 25.7. The van der Waals surface area contributed by atoms with Crippen molar-refractivity contribution in [2.75, 3.05) is 24.4 Å². The number of hydrogen-bond acceptors (Lipinski definition) is 5. The molecule has 1 aliphatic carbocycles. The zero-order valence-corrected chi connectivity index (χ0v) is 16.9. The summed E-state index contributed by atoms with van der Waals surface area (Å²) in [6.45, 7) is 4.24. The third-order valence-electron chi connectivity index (χ3n) is 6.31. The summed E-state index contributed by atoms with van der Waals surface area (Å²) in [4.78, 5) is 7.27. The molecule has 1 aliphatic heterocycles. The Morgan fingerprint density at radius 1 is 1.19 bits per heavy atom. The van der Waals surface area contributed by atoms with Crippen molar-refractivity contribution < 1.29 is 0 Å².